The molecule has 0 atom stereocenters. The number of likely N-dealkylation sites (N-methyl/N-ethyl adjacent to an activating group) is 1. The zero-order valence-corrected chi connectivity index (χ0v) is 11.0. The van der Waals surface area contributed by atoms with E-state index < -0.39 is 0 Å². The molecule has 0 aliphatic carbocycles. The lowest BCUT2D eigenvalue weighted by molar-refractivity contribution is 0.0946. The third kappa shape index (κ3) is 4.20. The number of amides is 1. The lowest BCUT2D eigenvalue weighted by atomic mass is 10.3. The van der Waals surface area contributed by atoms with Gasteiger partial charge >= 0.3 is 0 Å². The maximum atomic E-state index is 11.8. The molecule has 0 aliphatic heterocycles. The minimum absolute atomic E-state index is 0.247. The Kier molecular flexibility index (Phi) is 5.18. The van der Waals surface area contributed by atoms with Gasteiger partial charge in [0.15, 0.2) is 0 Å². The Bertz CT molecular complexity index is 395. The Hall–Kier alpha value is -1.33. The van der Waals surface area contributed by atoms with Crippen molar-refractivity contribution < 1.29 is 4.79 Å². The van der Waals surface area contributed by atoms with Crippen LogP contribution in [0.2, 0.25) is 5.02 Å². The van der Waals surface area contributed by atoms with Crippen molar-refractivity contribution in [3.63, 3.8) is 0 Å². The SMILES string of the molecule is CNc1ccc(Cl)c(C(=O)NCCN(C)C)n1. The molecular formula is C11H17ClN4O. The summed E-state index contributed by atoms with van der Waals surface area (Å²) in [7, 11) is 5.63. The normalized spacial score (nSPS) is 10.4. The summed E-state index contributed by atoms with van der Waals surface area (Å²) in [4.78, 5) is 17.9. The van der Waals surface area contributed by atoms with Gasteiger partial charge in [0.25, 0.3) is 5.91 Å². The fraction of sp³-hybridized carbons (Fsp3) is 0.455. The second-order valence-electron chi connectivity index (χ2n) is 3.84. The third-order valence-electron chi connectivity index (χ3n) is 2.16. The van der Waals surface area contributed by atoms with E-state index in [0.717, 1.165) is 6.54 Å². The summed E-state index contributed by atoms with van der Waals surface area (Å²) in [5, 5.41) is 5.99. The van der Waals surface area contributed by atoms with Gasteiger partial charge < -0.3 is 15.5 Å². The fourth-order valence-electron chi connectivity index (χ4n) is 1.22. The average Bonchev–Trinajstić information content (AvgIpc) is 2.29. The smallest absolute Gasteiger partial charge is 0.271 e. The topological polar surface area (TPSA) is 57.3 Å². The van der Waals surface area contributed by atoms with E-state index >= 15 is 0 Å². The molecule has 1 aromatic heterocycles. The van der Waals surface area contributed by atoms with Crippen LogP contribution in [0.15, 0.2) is 12.1 Å². The van der Waals surface area contributed by atoms with Crippen LogP contribution in [-0.4, -0.2) is 50.0 Å². The molecule has 0 spiro atoms. The van der Waals surface area contributed by atoms with E-state index in [-0.39, 0.29) is 11.6 Å². The maximum Gasteiger partial charge on any atom is 0.271 e. The molecule has 2 N–H and O–H groups in total. The molecule has 1 aromatic rings. The third-order valence-corrected chi connectivity index (χ3v) is 2.47. The van der Waals surface area contributed by atoms with Crippen molar-refractivity contribution in [2.45, 2.75) is 0 Å². The van der Waals surface area contributed by atoms with Gasteiger partial charge in [0.1, 0.15) is 11.5 Å². The number of halogens is 1. The monoisotopic (exact) mass is 256 g/mol. The van der Waals surface area contributed by atoms with Crippen LogP contribution in [0, 0.1) is 0 Å². The van der Waals surface area contributed by atoms with Crippen LogP contribution >= 0.6 is 11.6 Å². The largest absolute Gasteiger partial charge is 0.373 e. The number of hydrogen-bond donors (Lipinski definition) is 2. The molecule has 6 heteroatoms. The van der Waals surface area contributed by atoms with Gasteiger partial charge in [-0.2, -0.15) is 0 Å². The highest BCUT2D eigenvalue weighted by molar-refractivity contribution is 6.33. The number of anilines is 1. The summed E-state index contributed by atoms with van der Waals surface area (Å²) in [6.07, 6.45) is 0. The molecule has 1 heterocycles. The van der Waals surface area contributed by atoms with Gasteiger partial charge in [0.05, 0.1) is 5.02 Å². The van der Waals surface area contributed by atoms with Crippen LogP contribution in [0.5, 0.6) is 0 Å². The van der Waals surface area contributed by atoms with Crippen LogP contribution in [-0.2, 0) is 0 Å². The Morgan fingerprint density at radius 1 is 1.47 bits per heavy atom. The van der Waals surface area contributed by atoms with Gasteiger partial charge in [-0.05, 0) is 26.2 Å². The first-order valence-electron chi connectivity index (χ1n) is 5.32. The molecule has 0 saturated carbocycles. The molecule has 0 unspecified atom stereocenters. The first-order chi connectivity index (χ1) is 8.04. The molecule has 0 fully saturated rings. The van der Waals surface area contributed by atoms with Gasteiger partial charge in [-0.25, -0.2) is 4.98 Å². The van der Waals surface area contributed by atoms with Crippen molar-refractivity contribution in [3.8, 4) is 0 Å². The van der Waals surface area contributed by atoms with E-state index in [1.54, 1.807) is 19.2 Å². The van der Waals surface area contributed by atoms with E-state index in [9.17, 15) is 4.79 Å². The number of carbonyl (C=O) groups is 1. The molecule has 0 bridgehead atoms. The molecule has 1 amide bonds. The zero-order valence-electron chi connectivity index (χ0n) is 10.2. The number of rotatable bonds is 5. The highest BCUT2D eigenvalue weighted by Gasteiger charge is 2.12. The highest BCUT2D eigenvalue weighted by atomic mass is 35.5. The standard InChI is InChI=1S/C11H17ClN4O/c1-13-9-5-4-8(12)10(15-9)11(17)14-6-7-16(2)3/h4-5H,6-7H2,1-3H3,(H,13,15)(H,14,17). The Balaban J connectivity index is 2.67. The number of nitrogens with zero attached hydrogens (tertiary/aromatic N) is 2. The Morgan fingerprint density at radius 3 is 2.76 bits per heavy atom. The van der Waals surface area contributed by atoms with Crippen LogP contribution in [0.25, 0.3) is 0 Å². The highest BCUT2D eigenvalue weighted by Crippen LogP contribution is 2.16. The summed E-state index contributed by atoms with van der Waals surface area (Å²) in [6, 6.07) is 3.38. The molecule has 0 aliphatic rings. The molecule has 94 valence electrons. The summed E-state index contributed by atoms with van der Waals surface area (Å²) in [5.74, 6) is 0.362. The number of aromatic nitrogens is 1. The van der Waals surface area contributed by atoms with Crippen molar-refractivity contribution in [3.05, 3.63) is 22.8 Å². The minimum Gasteiger partial charge on any atom is -0.373 e. The van der Waals surface area contributed by atoms with Crippen molar-refractivity contribution >= 4 is 23.3 Å². The van der Waals surface area contributed by atoms with E-state index in [1.165, 1.54) is 0 Å². The molecule has 17 heavy (non-hydrogen) atoms. The molecule has 0 radical (unpaired) electrons. The van der Waals surface area contributed by atoms with Crippen molar-refractivity contribution in [2.75, 3.05) is 39.5 Å². The summed E-state index contributed by atoms with van der Waals surface area (Å²) < 4.78 is 0. The molecule has 1 rings (SSSR count). The van der Waals surface area contributed by atoms with Crippen LogP contribution in [0.4, 0.5) is 5.82 Å². The van der Waals surface area contributed by atoms with E-state index in [4.69, 9.17) is 11.6 Å². The van der Waals surface area contributed by atoms with Crippen LogP contribution in [0.1, 0.15) is 10.5 Å². The minimum atomic E-state index is -0.256. The predicted molar refractivity (Wildman–Crippen MR) is 69.7 cm³/mol. The van der Waals surface area contributed by atoms with Crippen LogP contribution in [0.3, 0.4) is 0 Å². The number of pyridine rings is 1. The van der Waals surface area contributed by atoms with Gasteiger partial charge in [-0.15, -0.1) is 0 Å². The number of nitrogens with one attached hydrogen (secondary N) is 2. The lowest BCUT2D eigenvalue weighted by Gasteiger charge is -2.11. The van der Waals surface area contributed by atoms with Crippen molar-refractivity contribution in [2.24, 2.45) is 0 Å². The Morgan fingerprint density at radius 2 is 2.18 bits per heavy atom. The average molecular weight is 257 g/mol. The van der Waals surface area contributed by atoms with Gasteiger partial charge in [-0.3, -0.25) is 4.79 Å². The second-order valence-corrected chi connectivity index (χ2v) is 4.24. The van der Waals surface area contributed by atoms with E-state index in [0.29, 0.717) is 17.4 Å². The van der Waals surface area contributed by atoms with E-state index in [2.05, 4.69) is 15.6 Å². The second kappa shape index (κ2) is 6.42. The Labute approximate surface area is 106 Å². The van der Waals surface area contributed by atoms with Crippen LogP contribution < -0.4 is 10.6 Å². The molecule has 0 aromatic carbocycles. The zero-order chi connectivity index (χ0) is 12.8. The molecule has 0 saturated heterocycles. The summed E-state index contributed by atoms with van der Waals surface area (Å²) in [6.45, 7) is 1.34. The quantitative estimate of drug-likeness (QED) is 0.828. The summed E-state index contributed by atoms with van der Waals surface area (Å²) >= 11 is 5.93. The maximum absolute atomic E-state index is 11.8. The number of hydrogen-bond acceptors (Lipinski definition) is 4. The van der Waals surface area contributed by atoms with E-state index in [1.807, 2.05) is 19.0 Å². The predicted octanol–water partition coefficient (Wildman–Crippen LogP) is 1.07. The molecular weight excluding hydrogens is 240 g/mol. The first kappa shape index (κ1) is 13.7. The summed E-state index contributed by atoms with van der Waals surface area (Å²) in [5.41, 5.74) is 0.247. The van der Waals surface area contributed by atoms with Crippen molar-refractivity contribution in [1.29, 1.82) is 0 Å². The fourth-order valence-corrected chi connectivity index (χ4v) is 1.41. The first-order valence-corrected chi connectivity index (χ1v) is 5.69. The van der Waals surface area contributed by atoms with Gasteiger partial charge in [0.2, 0.25) is 0 Å². The van der Waals surface area contributed by atoms with Gasteiger partial charge in [-0.1, -0.05) is 11.6 Å². The lowest BCUT2D eigenvalue weighted by Crippen LogP contribution is -2.32. The number of carbonyl (C=O) groups excluding carboxylic acids is 1. The van der Waals surface area contributed by atoms with Crippen molar-refractivity contribution in [1.82, 2.24) is 15.2 Å². The molecule has 5 nitrogen and oxygen atoms in total. The van der Waals surface area contributed by atoms with Gasteiger partial charge in [0, 0.05) is 20.1 Å².